The molecule has 1 N–H and O–H groups in total. The Morgan fingerprint density at radius 2 is 1.75 bits per heavy atom. The van der Waals surface area contributed by atoms with Gasteiger partial charge in [0.2, 0.25) is 0 Å². The first kappa shape index (κ1) is 23.1. The summed E-state index contributed by atoms with van der Waals surface area (Å²) >= 11 is 0. The zero-order valence-electron chi connectivity index (χ0n) is 16.6. The van der Waals surface area contributed by atoms with Gasteiger partial charge in [0.1, 0.15) is 12.2 Å². The first-order chi connectivity index (χ1) is 15.0. The number of carbonyl (C=O) groups is 1. The summed E-state index contributed by atoms with van der Waals surface area (Å²) in [6.45, 7) is -0.989. The lowest BCUT2D eigenvalue weighted by Crippen LogP contribution is -2.42. The second-order valence-electron chi connectivity index (χ2n) is 6.38. The summed E-state index contributed by atoms with van der Waals surface area (Å²) < 4.78 is 72.3. The molecule has 32 heavy (non-hydrogen) atoms. The Hall–Kier alpha value is -3.61. The quantitative estimate of drug-likeness (QED) is 0.585. The van der Waals surface area contributed by atoms with Crippen LogP contribution in [0.25, 0.3) is 22.3 Å². The smallest absolute Gasteiger partial charge is 0.493 e. The third-order valence-corrected chi connectivity index (χ3v) is 5.47. The predicted octanol–water partition coefficient (Wildman–Crippen LogP) is 2.05. The molecule has 0 saturated carbocycles. The molecule has 9 nitrogen and oxygen atoms in total. The predicted molar refractivity (Wildman–Crippen MR) is 108 cm³/mol. The minimum Gasteiger partial charge on any atom is -0.493 e. The molecule has 13 heteroatoms. The Kier molecular flexibility index (Phi) is 6.12. The molecular formula is C19H16F3N3O6S. The monoisotopic (exact) mass is 471 g/mol. The van der Waals surface area contributed by atoms with Gasteiger partial charge in [-0.2, -0.15) is 21.6 Å². The van der Waals surface area contributed by atoms with Gasteiger partial charge in [0.25, 0.3) is 11.5 Å². The van der Waals surface area contributed by atoms with Gasteiger partial charge >= 0.3 is 15.5 Å². The van der Waals surface area contributed by atoms with Crippen LogP contribution in [0.1, 0.15) is 0 Å². The molecule has 0 spiro atoms. The van der Waals surface area contributed by atoms with E-state index in [2.05, 4.69) is 4.98 Å². The number of sulfonamides is 1. The van der Waals surface area contributed by atoms with Gasteiger partial charge in [0.15, 0.2) is 11.5 Å². The number of ether oxygens (including phenoxy) is 2. The van der Waals surface area contributed by atoms with Gasteiger partial charge in [-0.1, -0.05) is 12.1 Å². The molecule has 3 aromatic rings. The summed E-state index contributed by atoms with van der Waals surface area (Å²) in [7, 11) is -3.11. The highest BCUT2D eigenvalue weighted by atomic mass is 32.2. The zero-order valence-corrected chi connectivity index (χ0v) is 17.5. The molecular weight excluding hydrogens is 455 g/mol. The number of alkyl halides is 3. The molecule has 2 aromatic carbocycles. The van der Waals surface area contributed by atoms with Crippen molar-refractivity contribution in [2.75, 3.05) is 14.2 Å². The van der Waals surface area contributed by atoms with Gasteiger partial charge < -0.3 is 9.47 Å². The number of aromatic nitrogens is 2. The number of carbonyl (C=O) groups excluding carboxylic acids is 1. The van der Waals surface area contributed by atoms with E-state index >= 15 is 0 Å². The first-order valence-corrected chi connectivity index (χ1v) is 10.3. The van der Waals surface area contributed by atoms with E-state index in [0.29, 0.717) is 11.5 Å². The lowest BCUT2D eigenvalue weighted by atomic mass is 10.1. The Bertz CT molecular complexity index is 1350. The van der Waals surface area contributed by atoms with Crippen LogP contribution in [0.3, 0.4) is 0 Å². The molecule has 0 unspecified atom stereocenters. The maximum atomic E-state index is 13.1. The number of hydrogen-bond donors (Lipinski definition) is 1. The van der Waals surface area contributed by atoms with E-state index in [4.69, 9.17) is 9.47 Å². The highest BCUT2D eigenvalue weighted by Gasteiger charge is 2.47. The van der Waals surface area contributed by atoms with Crippen LogP contribution in [0, 0.1) is 0 Å². The number of hydrogen-bond acceptors (Lipinski definition) is 7. The van der Waals surface area contributed by atoms with Crippen LogP contribution in [0.4, 0.5) is 13.2 Å². The van der Waals surface area contributed by atoms with Crippen molar-refractivity contribution in [2.45, 2.75) is 12.1 Å². The molecule has 0 bridgehead atoms. The topological polar surface area (TPSA) is 117 Å². The van der Waals surface area contributed by atoms with Crippen molar-refractivity contribution < 1.29 is 35.9 Å². The fraction of sp³-hybridized carbons (Fsp3) is 0.211. The molecule has 0 fully saturated rings. The molecule has 3 rings (SSSR count). The normalized spacial score (nSPS) is 11.9. The number of nitrogens with zero attached hydrogens (tertiary/aromatic N) is 2. The van der Waals surface area contributed by atoms with Crippen LogP contribution in [0.5, 0.6) is 11.5 Å². The van der Waals surface area contributed by atoms with Crippen LogP contribution < -0.4 is 19.8 Å². The number of amides is 1. The van der Waals surface area contributed by atoms with Crippen molar-refractivity contribution in [3.8, 4) is 22.8 Å². The van der Waals surface area contributed by atoms with Crippen LogP contribution in [-0.4, -0.2) is 43.6 Å². The standard InChI is InChI=1S/C19H16F3N3O6S/c1-30-14-8-7-11(9-15(14)31-2)17-18(27)25(13-6-4-3-5-12(13)23-17)10-16(26)24-32(28,29)19(20,21)22/h3-9H,10H2,1-2H3,(H,24,26). The van der Waals surface area contributed by atoms with Crippen molar-refractivity contribution in [1.29, 1.82) is 0 Å². The Morgan fingerprint density at radius 3 is 2.38 bits per heavy atom. The van der Waals surface area contributed by atoms with Crippen molar-refractivity contribution in [2.24, 2.45) is 0 Å². The van der Waals surface area contributed by atoms with Crippen LogP contribution in [0.2, 0.25) is 0 Å². The van der Waals surface area contributed by atoms with Gasteiger partial charge in [-0.15, -0.1) is 0 Å². The van der Waals surface area contributed by atoms with E-state index in [1.165, 1.54) is 50.6 Å². The molecule has 0 saturated heterocycles. The molecule has 0 radical (unpaired) electrons. The number of nitrogens with one attached hydrogen (secondary N) is 1. The van der Waals surface area contributed by atoms with E-state index in [-0.39, 0.29) is 22.3 Å². The van der Waals surface area contributed by atoms with Crippen molar-refractivity contribution in [3.05, 3.63) is 52.8 Å². The largest absolute Gasteiger partial charge is 0.516 e. The molecule has 170 valence electrons. The number of fused-ring (bicyclic) bond motifs is 1. The van der Waals surface area contributed by atoms with Crippen molar-refractivity contribution in [1.82, 2.24) is 14.3 Å². The number of methoxy groups -OCH3 is 2. The lowest BCUT2D eigenvalue weighted by molar-refractivity contribution is -0.120. The van der Waals surface area contributed by atoms with E-state index in [0.717, 1.165) is 9.29 Å². The summed E-state index contributed by atoms with van der Waals surface area (Å²) in [6, 6.07) is 10.6. The summed E-state index contributed by atoms with van der Waals surface area (Å²) in [4.78, 5) is 29.5. The summed E-state index contributed by atoms with van der Waals surface area (Å²) in [5.74, 6) is -0.868. The lowest BCUT2D eigenvalue weighted by Gasteiger charge is -2.14. The number of halogens is 3. The molecule has 0 aliphatic rings. The minimum absolute atomic E-state index is 0.126. The Labute approximate surface area is 179 Å². The van der Waals surface area contributed by atoms with E-state index < -0.39 is 33.5 Å². The fourth-order valence-corrected chi connectivity index (χ4v) is 3.38. The molecule has 0 atom stereocenters. The summed E-state index contributed by atoms with van der Waals surface area (Å²) in [5.41, 5.74) is -5.97. The average molecular weight is 471 g/mol. The van der Waals surface area contributed by atoms with Gasteiger partial charge in [-0.3, -0.25) is 14.2 Å². The summed E-state index contributed by atoms with van der Waals surface area (Å²) in [6.07, 6.45) is 0. The highest BCUT2D eigenvalue weighted by molar-refractivity contribution is 7.90. The maximum Gasteiger partial charge on any atom is 0.516 e. The van der Waals surface area contributed by atoms with Gasteiger partial charge in [-0.05, 0) is 30.3 Å². The minimum atomic E-state index is -5.92. The second kappa shape index (κ2) is 8.49. The van der Waals surface area contributed by atoms with Gasteiger partial charge in [0.05, 0.1) is 25.3 Å². The van der Waals surface area contributed by atoms with Crippen LogP contribution >= 0.6 is 0 Å². The van der Waals surface area contributed by atoms with E-state index in [1.807, 2.05) is 0 Å². The maximum absolute atomic E-state index is 13.1. The Balaban J connectivity index is 2.13. The molecule has 1 heterocycles. The number of benzene rings is 2. The highest BCUT2D eigenvalue weighted by Crippen LogP contribution is 2.31. The van der Waals surface area contributed by atoms with Crippen LogP contribution in [-0.2, 0) is 21.4 Å². The van der Waals surface area contributed by atoms with Crippen LogP contribution in [0.15, 0.2) is 47.3 Å². The number of rotatable bonds is 6. The van der Waals surface area contributed by atoms with Crippen molar-refractivity contribution >= 4 is 27.0 Å². The molecule has 1 aromatic heterocycles. The average Bonchev–Trinajstić information content (AvgIpc) is 2.73. The van der Waals surface area contributed by atoms with Gasteiger partial charge in [-0.25, -0.2) is 9.71 Å². The number of para-hydroxylation sites is 2. The molecule has 0 aliphatic heterocycles. The SMILES string of the molecule is COc1ccc(-c2nc3ccccc3n(CC(=O)NS(=O)(=O)C(F)(F)F)c2=O)cc1OC. The zero-order chi connectivity index (χ0) is 23.7. The third kappa shape index (κ3) is 4.37. The van der Waals surface area contributed by atoms with Crippen molar-refractivity contribution in [3.63, 3.8) is 0 Å². The van der Waals surface area contributed by atoms with Gasteiger partial charge in [0, 0.05) is 5.56 Å². The van der Waals surface area contributed by atoms with E-state index in [9.17, 15) is 31.2 Å². The molecule has 0 aliphatic carbocycles. The second-order valence-corrected chi connectivity index (χ2v) is 8.06. The Morgan fingerprint density at radius 1 is 1.09 bits per heavy atom. The fourth-order valence-electron chi connectivity index (χ4n) is 2.90. The third-order valence-electron chi connectivity index (χ3n) is 4.36. The first-order valence-electron chi connectivity index (χ1n) is 8.82. The van der Waals surface area contributed by atoms with E-state index in [1.54, 1.807) is 6.07 Å². The molecule has 1 amide bonds. The summed E-state index contributed by atoms with van der Waals surface area (Å²) in [5, 5.41) is 0.